The maximum absolute atomic E-state index is 11.8. The number of aryl methyl sites for hydroxylation is 1. The van der Waals surface area contributed by atoms with Gasteiger partial charge in [0.05, 0.1) is 5.54 Å². The smallest absolute Gasteiger partial charge is 0.240 e. The van der Waals surface area contributed by atoms with E-state index in [4.69, 9.17) is 5.73 Å². The molecule has 0 spiro atoms. The predicted molar refractivity (Wildman–Crippen MR) is 81.3 cm³/mol. The second-order valence-electron chi connectivity index (χ2n) is 5.17. The fourth-order valence-electron chi connectivity index (χ4n) is 1.77. The Kier molecular flexibility index (Phi) is 4.45. The molecular formula is C14H18BrN3O2. The molecule has 0 aromatic heterocycles. The summed E-state index contributed by atoms with van der Waals surface area (Å²) in [6.07, 6.45) is 1.68. The first kappa shape index (κ1) is 15.0. The van der Waals surface area contributed by atoms with Gasteiger partial charge in [0.15, 0.2) is 0 Å². The third kappa shape index (κ3) is 3.80. The maximum Gasteiger partial charge on any atom is 0.240 e. The molecule has 4 N–H and O–H groups in total. The van der Waals surface area contributed by atoms with Crippen LogP contribution in [0.5, 0.6) is 0 Å². The summed E-state index contributed by atoms with van der Waals surface area (Å²) in [6, 6.07) is 5.69. The zero-order valence-electron chi connectivity index (χ0n) is 11.3. The van der Waals surface area contributed by atoms with E-state index in [1.165, 1.54) is 0 Å². The van der Waals surface area contributed by atoms with Crippen LogP contribution in [0.1, 0.15) is 24.8 Å². The molecule has 0 saturated heterocycles. The third-order valence-corrected chi connectivity index (χ3v) is 3.85. The molecule has 1 aromatic rings. The van der Waals surface area contributed by atoms with Crippen LogP contribution in [-0.2, 0) is 9.59 Å². The average molecular weight is 340 g/mol. The summed E-state index contributed by atoms with van der Waals surface area (Å²) in [7, 11) is 0. The molecule has 1 saturated carbocycles. The quantitative estimate of drug-likeness (QED) is 0.763. The lowest BCUT2D eigenvalue weighted by atomic mass is 10.2. The van der Waals surface area contributed by atoms with Crippen molar-refractivity contribution in [1.82, 2.24) is 5.32 Å². The highest BCUT2D eigenvalue weighted by molar-refractivity contribution is 9.10. The van der Waals surface area contributed by atoms with Crippen molar-refractivity contribution < 1.29 is 9.59 Å². The van der Waals surface area contributed by atoms with Gasteiger partial charge in [0.2, 0.25) is 11.8 Å². The van der Waals surface area contributed by atoms with E-state index < -0.39 is 5.54 Å². The Labute approximate surface area is 126 Å². The normalized spacial score (nSPS) is 15.6. The van der Waals surface area contributed by atoms with Crippen LogP contribution in [-0.4, -0.2) is 23.9 Å². The van der Waals surface area contributed by atoms with Crippen molar-refractivity contribution in [2.24, 2.45) is 5.73 Å². The molecular weight excluding hydrogens is 322 g/mol. The number of carbonyl (C=O) groups excluding carboxylic acids is 2. The fraction of sp³-hybridized carbons (Fsp3) is 0.429. The zero-order chi connectivity index (χ0) is 14.8. The monoisotopic (exact) mass is 339 g/mol. The van der Waals surface area contributed by atoms with Crippen LogP contribution < -0.4 is 16.4 Å². The molecule has 5 nitrogen and oxygen atoms in total. The van der Waals surface area contributed by atoms with Crippen molar-refractivity contribution in [1.29, 1.82) is 0 Å². The lowest BCUT2D eigenvalue weighted by Gasteiger charge is -2.11. The van der Waals surface area contributed by atoms with Gasteiger partial charge in [-0.15, -0.1) is 0 Å². The van der Waals surface area contributed by atoms with Crippen LogP contribution >= 0.6 is 15.9 Å². The summed E-state index contributed by atoms with van der Waals surface area (Å²) in [5, 5.41) is 5.52. The van der Waals surface area contributed by atoms with E-state index in [0.717, 1.165) is 28.6 Å². The Bertz CT molecular complexity index is 541. The van der Waals surface area contributed by atoms with Crippen molar-refractivity contribution in [3.8, 4) is 0 Å². The first-order valence-corrected chi connectivity index (χ1v) is 7.33. The number of nitrogens with two attached hydrogens (primary N) is 1. The van der Waals surface area contributed by atoms with E-state index >= 15 is 0 Å². The van der Waals surface area contributed by atoms with Gasteiger partial charge in [-0.25, -0.2) is 0 Å². The number of halogens is 1. The first-order valence-electron chi connectivity index (χ1n) is 6.54. The number of benzene rings is 1. The predicted octanol–water partition coefficient (Wildman–Crippen LogP) is 1.69. The fourth-order valence-corrected chi connectivity index (χ4v) is 2.13. The molecule has 0 aliphatic heterocycles. The van der Waals surface area contributed by atoms with Crippen molar-refractivity contribution in [2.45, 2.75) is 31.7 Å². The number of anilines is 1. The second-order valence-corrected chi connectivity index (χ2v) is 6.09. The Morgan fingerprint density at radius 1 is 1.40 bits per heavy atom. The number of amides is 2. The van der Waals surface area contributed by atoms with Gasteiger partial charge in [-0.3, -0.25) is 9.59 Å². The largest absolute Gasteiger partial charge is 0.354 e. The lowest BCUT2D eigenvalue weighted by molar-refractivity contribution is -0.123. The summed E-state index contributed by atoms with van der Waals surface area (Å²) in [6.45, 7) is 2.23. The van der Waals surface area contributed by atoms with E-state index in [2.05, 4.69) is 26.6 Å². The van der Waals surface area contributed by atoms with Crippen LogP contribution in [0.3, 0.4) is 0 Å². The molecule has 2 amide bonds. The van der Waals surface area contributed by atoms with Gasteiger partial charge in [0.1, 0.15) is 0 Å². The second kappa shape index (κ2) is 5.93. The van der Waals surface area contributed by atoms with Crippen molar-refractivity contribution in [3.63, 3.8) is 0 Å². The molecule has 1 aliphatic carbocycles. The van der Waals surface area contributed by atoms with Gasteiger partial charge >= 0.3 is 0 Å². The molecule has 6 heteroatoms. The van der Waals surface area contributed by atoms with Crippen LogP contribution in [0.2, 0.25) is 0 Å². The number of carbonyl (C=O) groups is 2. The molecule has 1 aromatic carbocycles. The number of nitrogens with one attached hydrogen (secondary N) is 2. The Hall–Kier alpha value is -1.40. The van der Waals surface area contributed by atoms with Gasteiger partial charge in [0.25, 0.3) is 0 Å². The number of hydrogen-bond donors (Lipinski definition) is 3. The topological polar surface area (TPSA) is 84.2 Å². The zero-order valence-corrected chi connectivity index (χ0v) is 12.9. The first-order chi connectivity index (χ1) is 9.40. The van der Waals surface area contributed by atoms with Gasteiger partial charge in [-0.05, 0) is 37.5 Å². The molecule has 0 unspecified atom stereocenters. The molecule has 0 heterocycles. The minimum Gasteiger partial charge on any atom is -0.354 e. The lowest BCUT2D eigenvalue weighted by Crippen LogP contribution is -2.43. The van der Waals surface area contributed by atoms with Gasteiger partial charge < -0.3 is 16.4 Å². The third-order valence-electron chi connectivity index (χ3n) is 3.35. The summed E-state index contributed by atoms with van der Waals surface area (Å²) < 4.78 is 0.908. The summed E-state index contributed by atoms with van der Waals surface area (Å²) in [5.74, 6) is -0.294. The van der Waals surface area contributed by atoms with Crippen molar-refractivity contribution in [3.05, 3.63) is 28.2 Å². The van der Waals surface area contributed by atoms with E-state index in [-0.39, 0.29) is 18.2 Å². The minimum absolute atomic E-state index is 0.131. The van der Waals surface area contributed by atoms with Crippen molar-refractivity contribution in [2.75, 3.05) is 11.9 Å². The maximum atomic E-state index is 11.8. The van der Waals surface area contributed by atoms with Gasteiger partial charge in [0, 0.05) is 23.1 Å². The standard InChI is InChI=1S/C14H18BrN3O2/c1-9-2-3-10(15)8-11(9)18-12(19)4-7-17-13(20)14(16)5-6-14/h2-3,8H,4-7,16H2,1H3,(H,17,20)(H,18,19). The summed E-state index contributed by atoms with van der Waals surface area (Å²) in [5.41, 5.74) is 6.83. The molecule has 0 radical (unpaired) electrons. The van der Waals surface area contributed by atoms with E-state index in [1.54, 1.807) is 0 Å². The van der Waals surface area contributed by atoms with Gasteiger partial charge in [-0.2, -0.15) is 0 Å². The van der Waals surface area contributed by atoms with E-state index in [0.29, 0.717) is 6.54 Å². The van der Waals surface area contributed by atoms with Crippen LogP contribution in [0, 0.1) is 6.92 Å². The highest BCUT2D eigenvalue weighted by Gasteiger charge is 2.45. The molecule has 0 atom stereocenters. The highest BCUT2D eigenvalue weighted by Crippen LogP contribution is 2.31. The number of rotatable bonds is 5. The highest BCUT2D eigenvalue weighted by atomic mass is 79.9. The summed E-state index contributed by atoms with van der Waals surface area (Å²) >= 11 is 3.36. The van der Waals surface area contributed by atoms with Crippen molar-refractivity contribution >= 4 is 33.4 Å². The Morgan fingerprint density at radius 2 is 2.10 bits per heavy atom. The van der Waals surface area contributed by atoms with E-state index in [1.807, 2.05) is 25.1 Å². The minimum atomic E-state index is -0.683. The Morgan fingerprint density at radius 3 is 2.75 bits per heavy atom. The van der Waals surface area contributed by atoms with Crippen LogP contribution in [0.4, 0.5) is 5.69 Å². The summed E-state index contributed by atoms with van der Waals surface area (Å²) in [4.78, 5) is 23.4. The van der Waals surface area contributed by atoms with E-state index in [9.17, 15) is 9.59 Å². The Balaban J connectivity index is 1.78. The molecule has 2 rings (SSSR count). The average Bonchev–Trinajstić information content (AvgIpc) is 3.13. The molecule has 1 aliphatic rings. The van der Waals surface area contributed by atoms with Crippen LogP contribution in [0.25, 0.3) is 0 Å². The van der Waals surface area contributed by atoms with Crippen LogP contribution in [0.15, 0.2) is 22.7 Å². The number of hydrogen-bond acceptors (Lipinski definition) is 3. The molecule has 1 fully saturated rings. The van der Waals surface area contributed by atoms with Gasteiger partial charge in [-0.1, -0.05) is 22.0 Å². The molecule has 108 valence electrons. The molecule has 20 heavy (non-hydrogen) atoms. The SMILES string of the molecule is Cc1ccc(Br)cc1NC(=O)CCNC(=O)C1(N)CC1. The molecule has 0 bridgehead atoms.